The Morgan fingerprint density at radius 1 is 1.50 bits per heavy atom. The number of esters is 1. The fourth-order valence-corrected chi connectivity index (χ4v) is 0.713. The summed E-state index contributed by atoms with van der Waals surface area (Å²) in [6.45, 7) is 5.27. The number of amides is 1. The van der Waals surface area contributed by atoms with Gasteiger partial charge in [0, 0.05) is 6.04 Å². The van der Waals surface area contributed by atoms with Gasteiger partial charge in [-0.05, 0) is 20.8 Å². The molecular formula is C8H14NO3. The van der Waals surface area contributed by atoms with Crippen LogP contribution < -0.4 is 5.32 Å². The minimum absolute atomic E-state index is 0.107. The van der Waals surface area contributed by atoms with Crippen molar-refractivity contribution in [1.82, 2.24) is 5.32 Å². The predicted molar refractivity (Wildman–Crippen MR) is 44.1 cm³/mol. The molecule has 1 unspecified atom stereocenters. The molecule has 1 atom stereocenters. The Bertz CT molecular complexity index is 156. The summed E-state index contributed by atoms with van der Waals surface area (Å²) in [5, 5.41) is 2.34. The number of rotatable bonds is 5. The molecule has 69 valence electrons. The highest BCUT2D eigenvalue weighted by Gasteiger charge is 2.10. The van der Waals surface area contributed by atoms with E-state index < -0.39 is 0 Å². The van der Waals surface area contributed by atoms with Gasteiger partial charge in [0.25, 0.3) is 0 Å². The molecule has 0 heterocycles. The lowest BCUT2D eigenvalue weighted by Crippen LogP contribution is -2.28. The van der Waals surface area contributed by atoms with Crippen LogP contribution in [0.1, 0.15) is 27.2 Å². The molecule has 4 heteroatoms. The van der Waals surface area contributed by atoms with Crippen LogP contribution in [0.25, 0.3) is 0 Å². The summed E-state index contributed by atoms with van der Waals surface area (Å²) in [7, 11) is 0. The molecule has 1 radical (unpaired) electrons. The average molecular weight is 172 g/mol. The monoisotopic (exact) mass is 172 g/mol. The second-order valence-corrected chi connectivity index (χ2v) is 2.89. The number of ether oxygens (including phenoxy) is 1. The average Bonchev–Trinajstić information content (AvgIpc) is 1.84. The Morgan fingerprint density at radius 3 is 2.50 bits per heavy atom. The molecule has 0 rings (SSSR count). The summed E-state index contributed by atoms with van der Waals surface area (Å²) in [6.07, 6.45) is 1.60. The molecule has 0 spiro atoms. The van der Waals surface area contributed by atoms with Crippen LogP contribution in [0.5, 0.6) is 0 Å². The first-order valence-corrected chi connectivity index (χ1v) is 3.88. The van der Waals surface area contributed by atoms with Crippen molar-refractivity contribution in [3.63, 3.8) is 0 Å². The molecule has 0 aromatic rings. The summed E-state index contributed by atoms with van der Waals surface area (Å²) in [4.78, 5) is 20.8. The van der Waals surface area contributed by atoms with Gasteiger partial charge in [0.05, 0.1) is 12.5 Å². The highest BCUT2D eigenvalue weighted by molar-refractivity contribution is 5.70. The van der Waals surface area contributed by atoms with Crippen LogP contribution in [0, 0.1) is 0 Å². The maximum atomic E-state index is 10.9. The molecule has 0 fully saturated rings. The van der Waals surface area contributed by atoms with E-state index in [-0.39, 0.29) is 24.5 Å². The zero-order chi connectivity index (χ0) is 9.56. The molecule has 0 saturated heterocycles. The van der Waals surface area contributed by atoms with E-state index in [0.717, 1.165) is 0 Å². The van der Waals surface area contributed by atoms with Crippen molar-refractivity contribution in [3.05, 3.63) is 0 Å². The van der Waals surface area contributed by atoms with Crippen LogP contribution >= 0.6 is 0 Å². The van der Waals surface area contributed by atoms with Crippen LogP contribution in [0.2, 0.25) is 0 Å². The molecule has 0 aliphatic rings. The lowest BCUT2D eigenvalue weighted by atomic mass is 10.2. The van der Waals surface area contributed by atoms with Crippen molar-refractivity contribution >= 4 is 12.4 Å². The second-order valence-electron chi connectivity index (χ2n) is 2.89. The quantitative estimate of drug-likeness (QED) is 0.481. The normalized spacial score (nSPS) is 12.3. The van der Waals surface area contributed by atoms with Gasteiger partial charge in [0.1, 0.15) is 0 Å². The highest BCUT2D eigenvalue weighted by Crippen LogP contribution is 1.96. The maximum Gasteiger partial charge on any atom is 0.309 e. The molecule has 0 aliphatic heterocycles. The van der Waals surface area contributed by atoms with Gasteiger partial charge < -0.3 is 10.1 Å². The lowest BCUT2D eigenvalue weighted by molar-refractivity contribution is -0.147. The smallest absolute Gasteiger partial charge is 0.309 e. The SMILES string of the molecule is CC(CC(=O)OC(C)C)N[C]=O. The summed E-state index contributed by atoms with van der Waals surface area (Å²) in [5.41, 5.74) is 0. The van der Waals surface area contributed by atoms with E-state index in [1.54, 1.807) is 20.8 Å². The molecule has 0 aliphatic carbocycles. The lowest BCUT2D eigenvalue weighted by Gasteiger charge is -2.11. The maximum absolute atomic E-state index is 10.9. The van der Waals surface area contributed by atoms with Crippen LogP contribution in [0.4, 0.5) is 0 Å². The summed E-state index contributed by atoms with van der Waals surface area (Å²) in [5.74, 6) is -0.305. The van der Waals surface area contributed by atoms with Gasteiger partial charge in [-0.25, -0.2) is 0 Å². The number of hydrogen-bond acceptors (Lipinski definition) is 3. The fraction of sp³-hybridized carbons (Fsp3) is 0.750. The molecule has 0 bridgehead atoms. The number of carbonyl (C=O) groups is 1. The number of hydrogen-bond donors (Lipinski definition) is 1. The third kappa shape index (κ3) is 5.70. The molecule has 0 aromatic carbocycles. The van der Waals surface area contributed by atoms with E-state index in [9.17, 15) is 9.59 Å². The summed E-state index contributed by atoms with van der Waals surface area (Å²) < 4.78 is 4.86. The number of nitrogens with one attached hydrogen (secondary N) is 1. The Hall–Kier alpha value is -1.06. The van der Waals surface area contributed by atoms with Crippen LogP contribution in [0.15, 0.2) is 0 Å². The van der Waals surface area contributed by atoms with Crippen molar-refractivity contribution < 1.29 is 14.3 Å². The largest absolute Gasteiger partial charge is 0.463 e. The van der Waals surface area contributed by atoms with Gasteiger partial charge in [-0.3, -0.25) is 9.59 Å². The molecule has 0 saturated carbocycles. The third-order valence-corrected chi connectivity index (χ3v) is 1.15. The topological polar surface area (TPSA) is 55.4 Å². The molecular weight excluding hydrogens is 158 g/mol. The first-order chi connectivity index (χ1) is 5.56. The van der Waals surface area contributed by atoms with Crippen LogP contribution in [-0.2, 0) is 14.3 Å². The zero-order valence-corrected chi connectivity index (χ0v) is 7.59. The third-order valence-electron chi connectivity index (χ3n) is 1.15. The van der Waals surface area contributed by atoms with Gasteiger partial charge >= 0.3 is 12.4 Å². The summed E-state index contributed by atoms with van der Waals surface area (Å²) in [6, 6.07) is -0.214. The zero-order valence-electron chi connectivity index (χ0n) is 7.59. The Morgan fingerprint density at radius 2 is 2.08 bits per heavy atom. The van der Waals surface area contributed by atoms with E-state index in [1.807, 2.05) is 0 Å². The Labute approximate surface area is 72.3 Å². The first kappa shape index (κ1) is 10.9. The predicted octanol–water partition coefficient (Wildman–Crippen LogP) is 0.373. The van der Waals surface area contributed by atoms with Crippen molar-refractivity contribution in [2.24, 2.45) is 0 Å². The molecule has 1 amide bonds. The Kier molecular flexibility index (Phi) is 5.08. The van der Waals surface area contributed by atoms with Gasteiger partial charge in [-0.1, -0.05) is 0 Å². The van der Waals surface area contributed by atoms with E-state index in [0.29, 0.717) is 0 Å². The Balaban J connectivity index is 3.61. The molecule has 12 heavy (non-hydrogen) atoms. The molecule has 1 N–H and O–H groups in total. The van der Waals surface area contributed by atoms with E-state index in [4.69, 9.17) is 4.74 Å². The van der Waals surface area contributed by atoms with Gasteiger partial charge in [-0.15, -0.1) is 0 Å². The van der Waals surface area contributed by atoms with E-state index >= 15 is 0 Å². The van der Waals surface area contributed by atoms with Gasteiger partial charge in [0.15, 0.2) is 0 Å². The van der Waals surface area contributed by atoms with Crippen molar-refractivity contribution in [2.75, 3.05) is 0 Å². The van der Waals surface area contributed by atoms with Crippen molar-refractivity contribution in [1.29, 1.82) is 0 Å². The molecule has 4 nitrogen and oxygen atoms in total. The fourth-order valence-electron chi connectivity index (χ4n) is 0.713. The van der Waals surface area contributed by atoms with Gasteiger partial charge in [0.2, 0.25) is 0 Å². The van der Waals surface area contributed by atoms with Crippen molar-refractivity contribution in [3.8, 4) is 0 Å². The second kappa shape index (κ2) is 5.57. The van der Waals surface area contributed by atoms with Gasteiger partial charge in [-0.2, -0.15) is 0 Å². The van der Waals surface area contributed by atoms with Crippen LogP contribution in [-0.4, -0.2) is 24.5 Å². The van der Waals surface area contributed by atoms with Crippen molar-refractivity contribution in [2.45, 2.75) is 39.3 Å². The molecule has 0 aromatic heterocycles. The summed E-state index contributed by atoms with van der Waals surface area (Å²) >= 11 is 0. The van der Waals surface area contributed by atoms with E-state index in [2.05, 4.69) is 5.32 Å². The highest BCUT2D eigenvalue weighted by atomic mass is 16.5. The standard InChI is InChI=1S/C8H14NO3/c1-6(2)12-8(11)4-7(3)9-5-10/h6-7H,4H2,1-3H3,(H,9,10). The first-order valence-electron chi connectivity index (χ1n) is 3.88. The minimum Gasteiger partial charge on any atom is -0.463 e. The van der Waals surface area contributed by atoms with E-state index in [1.165, 1.54) is 6.41 Å². The number of carbonyl (C=O) groups excluding carboxylic acids is 2. The van der Waals surface area contributed by atoms with Crippen LogP contribution in [0.3, 0.4) is 0 Å². The minimum atomic E-state index is -0.305.